The average molecular weight is 546 g/mol. The lowest BCUT2D eigenvalue weighted by Gasteiger charge is -2.33. The lowest BCUT2D eigenvalue weighted by Crippen LogP contribution is -2.46. The van der Waals surface area contributed by atoms with E-state index in [1.54, 1.807) is 27.9 Å². The van der Waals surface area contributed by atoms with Crippen LogP contribution in [-0.2, 0) is 4.79 Å². The number of nitriles is 1. The van der Waals surface area contributed by atoms with Gasteiger partial charge in [-0.15, -0.1) is 0 Å². The summed E-state index contributed by atoms with van der Waals surface area (Å²) in [6.45, 7) is 11.0. The number of benzene rings is 1. The maximum absolute atomic E-state index is 10.9. The fraction of sp³-hybridized carbons (Fsp3) is 0.500. The number of carbonyl (C=O) groups is 1. The van der Waals surface area contributed by atoms with E-state index in [9.17, 15) is 10.1 Å². The lowest BCUT2D eigenvalue weighted by molar-refractivity contribution is -0.118. The van der Waals surface area contributed by atoms with Crippen LogP contribution in [0.2, 0.25) is 10.0 Å². The summed E-state index contributed by atoms with van der Waals surface area (Å²) >= 11 is 12.4. The number of hydrogen-bond donors (Lipinski definition) is 1. The van der Waals surface area contributed by atoms with E-state index in [4.69, 9.17) is 28.2 Å². The molecule has 9 nitrogen and oxygen atoms in total. The van der Waals surface area contributed by atoms with Crippen LogP contribution in [0.5, 0.6) is 0 Å². The smallest absolute Gasteiger partial charge is 0.209 e. The Labute approximate surface area is 228 Å². The van der Waals surface area contributed by atoms with E-state index in [2.05, 4.69) is 26.4 Å². The minimum atomic E-state index is -0.277. The number of rotatable bonds is 4. The molecule has 2 saturated heterocycles. The largest absolute Gasteiger partial charge is 0.352 e. The molecular formula is C26H34Cl2N8O. The molecule has 2 aromatic heterocycles. The summed E-state index contributed by atoms with van der Waals surface area (Å²) in [6, 6.07) is 7.09. The van der Waals surface area contributed by atoms with Crippen LogP contribution in [0.1, 0.15) is 57.3 Å². The molecule has 0 aliphatic carbocycles. The SMILES string of the molecule is C1CCNCC1.CC.CC(c1ccc(Cl)cc1Cl)n1nc(C#N)c2ncc(N3CCN(C=O)CC3)nc21. The quantitative estimate of drug-likeness (QED) is 0.475. The number of aromatic nitrogens is 4. The number of anilines is 1. The molecule has 2 fully saturated rings. The fourth-order valence-electron chi connectivity index (χ4n) is 4.23. The lowest BCUT2D eigenvalue weighted by atomic mass is 10.1. The van der Waals surface area contributed by atoms with Gasteiger partial charge in [0.25, 0.3) is 0 Å². The molecule has 11 heteroatoms. The Morgan fingerprint density at radius 3 is 2.35 bits per heavy atom. The van der Waals surface area contributed by atoms with Gasteiger partial charge >= 0.3 is 0 Å². The normalized spacial score (nSPS) is 16.1. The molecule has 1 N–H and O–H groups in total. The Balaban J connectivity index is 0.000000412. The summed E-state index contributed by atoms with van der Waals surface area (Å²) in [5, 5.41) is 18.3. The number of nitrogens with one attached hydrogen (secondary N) is 1. The molecular weight excluding hydrogens is 511 g/mol. The van der Waals surface area contributed by atoms with Crippen LogP contribution in [0.25, 0.3) is 11.2 Å². The van der Waals surface area contributed by atoms with Gasteiger partial charge in [-0.05, 0) is 50.6 Å². The van der Waals surface area contributed by atoms with Crippen LogP contribution in [-0.4, -0.2) is 70.3 Å². The number of amides is 1. The van der Waals surface area contributed by atoms with Crippen molar-refractivity contribution in [1.82, 2.24) is 30.0 Å². The number of halogens is 2. The summed E-state index contributed by atoms with van der Waals surface area (Å²) < 4.78 is 1.67. The second-order valence-corrected chi connectivity index (χ2v) is 9.43. The number of piperidine rings is 1. The standard InChI is InChI=1S/C19H17Cl2N7O.C5H11N.C2H6/c1-12(14-3-2-13(20)8-15(14)21)28-19-18(16(9-22)25-28)23-10-17(24-19)27-6-4-26(11-29)5-7-27;1-2-4-6-5-3-1;1-2/h2-3,8,10-12H,4-7H2,1H3;6H,1-5H2;1-2H3. The van der Waals surface area contributed by atoms with Gasteiger partial charge in [-0.2, -0.15) is 10.4 Å². The van der Waals surface area contributed by atoms with E-state index in [0.29, 0.717) is 53.2 Å². The first-order valence-corrected chi connectivity index (χ1v) is 13.5. The topological polar surface area (TPSA) is 103 Å². The predicted molar refractivity (Wildman–Crippen MR) is 148 cm³/mol. The number of fused-ring (bicyclic) bond motifs is 1. The molecule has 5 rings (SSSR count). The first kappa shape index (κ1) is 28.6. The van der Waals surface area contributed by atoms with Crippen molar-refractivity contribution in [2.24, 2.45) is 0 Å². The summed E-state index contributed by atoms with van der Waals surface area (Å²) in [5.74, 6) is 0.683. The number of nitrogens with zero attached hydrogens (tertiary/aromatic N) is 7. The molecule has 1 atom stereocenters. The van der Waals surface area contributed by atoms with Crippen molar-refractivity contribution in [1.29, 1.82) is 5.26 Å². The van der Waals surface area contributed by atoms with E-state index in [1.165, 1.54) is 32.4 Å². The molecule has 1 aromatic carbocycles. The van der Waals surface area contributed by atoms with Crippen molar-refractivity contribution in [2.75, 3.05) is 44.2 Å². The summed E-state index contributed by atoms with van der Waals surface area (Å²) in [5.41, 5.74) is 1.98. The second-order valence-electron chi connectivity index (χ2n) is 8.59. The van der Waals surface area contributed by atoms with Crippen molar-refractivity contribution in [3.63, 3.8) is 0 Å². The number of piperazine rings is 1. The Hall–Kier alpha value is -2.93. The van der Waals surface area contributed by atoms with Crippen LogP contribution in [0.4, 0.5) is 5.82 Å². The van der Waals surface area contributed by atoms with E-state index in [-0.39, 0.29) is 11.7 Å². The third-order valence-corrected chi connectivity index (χ3v) is 6.83. The Kier molecular flexibility index (Phi) is 10.9. The third-order valence-electron chi connectivity index (χ3n) is 6.27. The molecule has 198 valence electrons. The third kappa shape index (κ3) is 7.10. The molecule has 1 unspecified atom stereocenters. The maximum Gasteiger partial charge on any atom is 0.209 e. The van der Waals surface area contributed by atoms with Gasteiger partial charge in [-0.25, -0.2) is 14.6 Å². The zero-order chi connectivity index (χ0) is 26.8. The Bertz CT molecular complexity index is 1200. The van der Waals surface area contributed by atoms with Crippen LogP contribution in [0, 0.1) is 11.3 Å². The van der Waals surface area contributed by atoms with Gasteiger partial charge in [0.15, 0.2) is 11.3 Å². The molecule has 0 spiro atoms. The minimum absolute atomic E-state index is 0.210. The summed E-state index contributed by atoms with van der Waals surface area (Å²) in [7, 11) is 0. The maximum atomic E-state index is 10.9. The molecule has 0 bridgehead atoms. The number of carbonyl (C=O) groups excluding carboxylic acids is 1. The highest BCUT2D eigenvalue weighted by Crippen LogP contribution is 2.31. The van der Waals surface area contributed by atoms with Crippen molar-refractivity contribution >= 4 is 46.6 Å². The van der Waals surface area contributed by atoms with Crippen molar-refractivity contribution in [2.45, 2.75) is 46.1 Å². The molecule has 0 radical (unpaired) electrons. The van der Waals surface area contributed by atoms with Gasteiger partial charge in [0.2, 0.25) is 6.41 Å². The van der Waals surface area contributed by atoms with Crippen molar-refractivity contribution in [3.8, 4) is 6.07 Å². The van der Waals surface area contributed by atoms with Crippen LogP contribution < -0.4 is 10.2 Å². The second kappa shape index (κ2) is 14.1. The summed E-state index contributed by atoms with van der Waals surface area (Å²) in [4.78, 5) is 23.9. The monoisotopic (exact) mass is 544 g/mol. The zero-order valence-electron chi connectivity index (χ0n) is 21.6. The van der Waals surface area contributed by atoms with E-state index in [0.717, 1.165) is 12.0 Å². The van der Waals surface area contributed by atoms with E-state index >= 15 is 0 Å². The van der Waals surface area contributed by atoms with Crippen molar-refractivity contribution in [3.05, 3.63) is 45.7 Å². The van der Waals surface area contributed by atoms with Gasteiger partial charge in [0, 0.05) is 36.2 Å². The predicted octanol–water partition coefficient (Wildman–Crippen LogP) is 4.68. The highest BCUT2D eigenvalue weighted by molar-refractivity contribution is 6.35. The molecule has 2 aliphatic heterocycles. The first-order chi connectivity index (χ1) is 18.0. The van der Waals surface area contributed by atoms with Gasteiger partial charge in [0.05, 0.1) is 12.2 Å². The molecule has 4 heterocycles. The summed E-state index contributed by atoms with van der Waals surface area (Å²) in [6.07, 6.45) is 6.72. The highest BCUT2D eigenvalue weighted by atomic mass is 35.5. The minimum Gasteiger partial charge on any atom is -0.352 e. The fourth-order valence-corrected chi connectivity index (χ4v) is 4.79. The first-order valence-electron chi connectivity index (χ1n) is 12.8. The average Bonchev–Trinajstić information content (AvgIpc) is 3.33. The van der Waals surface area contributed by atoms with Crippen LogP contribution in [0.3, 0.4) is 0 Å². The number of hydrogen-bond acceptors (Lipinski definition) is 7. The van der Waals surface area contributed by atoms with Gasteiger partial charge in [-0.3, -0.25) is 4.79 Å². The van der Waals surface area contributed by atoms with Crippen LogP contribution >= 0.6 is 23.2 Å². The Morgan fingerprint density at radius 2 is 1.81 bits per heavy atom. The molecule has 3 aromatic rings. The molecule has 1 amide bonds. The molecule has 2 aliphatic rings. The highest BCUT2D eigenvalue weighted by Gasteiger charge is 2.23. The Morgan fingerprint density at radius 1 is 1.11 bits per heavy atom. The molecule has 37 heavy (non-hydrogen) atoms. The van der Waals surface area contributed by atoms with Crippen LogP contribution in [0.15, 0.2) is 24.4 Å². The van der Waals surface area contributed by atoms with Gasteiger partial charge < -0.3 is 15.1 Å². The zero-order valence-corrected chi connectivity index (χ0v) is 23.1. The van der Waals surface area contributed by atoms with E-state index in [1.807, 2.05) is 26.8 Å². The molecule has 0 saturated carbocycles. The van der Waals surface area contributed by atoms with Gasteiger partial charge in [0.1, 0.15) is 17.4 Å². The van der Waals surface area contributed by atoms with Gasteiger partial charge in [-0.1, -0.05) is 49.5 Å². The van der Waals surface area contributed by atoms with E-state index < -0.39 is 0 Å². The van der Waals surface area contributed by atoms with Crippen molar-refractivity contribution < 1.29 is 4.79 Å².